The predicted molar refractivity (Wildman–Crippen MR) is 127 cm³/mol. The molecule has 2 heterocycles. The van der Waals surface area contributed by atoms with Crippen molar-refractivity contribution in [1.82, 2.24) is 9.88 Å². The summed E-state index contributed by atoms with van der Waals surface area (Å²) in [4.78, 5) is 32.7. The third-order valence-corrected chi connectivity index (χ3v) is 8.19. The van der Waals surface area contributed by atoms with Crippen molar-refractivity contribution < 1.29 is 9.59 Å². The number of hydrogen-bond donors (Lipinski definition) is 1. The summed E-state index contributed by atoms with van der Waals surface area (Å²) in [6.45, 7) is 3.19. The molecule has 1 N–H and O–H groups in total. The predicted octanol–water partition coefficient (Wildman–Crippen LogP) is 4.67. The van der Waals surface area contributed by atoms with Crippen LogP contribution in [0.2, 0.25) is 0 Å². The number of aryl methyl sites for hydroxylation is 3. The van der Waals surface area contributed by atoms with Gasteiger partial charge in [-0.05, 0) is 60.6 Å². The van der Waals surface area contributed by atoms with Crippen LogP contribution in [0.1, 0.15) is 29.7 Å². The average Bonchev–Trinajstić information content (AvgIpc) is 3.40. The summed E-state index contributed by atoms with van der Waals surface area (Å²) in [5, 5.41) is 8.16. The van der Waals surface area contributed by atoms with Crippen molar-refractivity contribution in [2.45, 2.75) is 37.5 Å². The van der Waals surface area contributed by atoms with E-state index in [4.69, 9.17) is 0 Å². The largest absolute Gasteiger partial charge is 0.342 e. The van der Waals surface area contributed by atoms with Crippen LogP contribution in [-0.2, 0) is 22.4 Å². The maximum absolute atomic E-state index is 12.8. The summed E-state index contributed by atoms with van der Waals surface area (Å²) >= 11 is 3.08. The molecular formula is C24H25N3O2S2. The van der Waals surface area contributed by atoms with Crippen LogP contribution in [0.3, 0.4) is 0 Å². The first-order valence-electron chi connectivity index (χ1n) is 10.8. The highest BCUT2D eigenvalue weighted by atomic mass is 32.2. The zero-order valence-electron chi connectivity index (χ0n) is 17.5. The van der Waals surface area contributed by atoms with Crippen LogP contribution in [-0.4, -0.2) is 40.5 Å². The fourth-order valence-electron chi connectivity index (χ4n) is 4.59. The van der Waals surface area contributed by atoms with Gasteiger partial charge >= 0.3 is 0 Å². The minimum absolute atomic E-state index is 0.0173. The Bertz CT molecular complexity index is 1140. The molecule has 1 aliphatic carbocycles. The molecule has 1 aromatic heterocycles. The number of nitrogens with one attached hydrogen (secondary N) is 1. The second-order valence-electron chi connectivity index (χ2n) is 8.29. The normalized spacial score (nSPS) is 16.1. The molecule has 31 heavy (non-hydrogen) atoms. The maximum atomic E-state index is 12.8. The molecule has 0 unspecified atom stereocenters. The van der Waals surface area contributed by atoms with Crippen molar-refractivity contribution >= 4 is 50.8 Å². The zero-order chi connectivity index (χ0) is 21.4. The summed E-state index contributed by atoms with van der Waals surface area (Å²) in [5.74, 6) is 0.553. The van der Waals surface area contributed by atoms with Gasteiger partial charge in [-0.3, -0.25) is 9.59 Å². The molecule has 160 valence electrons. The molecule has 3 aromatic rings. The number of carbonyl (C=O) groups excluding carboxylic acids is 2. The van der Waals surface area contributed by atoms with E-state index in [-0.39, 0.29) is 17.7 Å². The van der Waals surface area contributed by atoms with E-state index >= 15 is 0 Å². The van der Waals surface area contributed by atoms with Crippen LogP contribution in [0.25, 0.3) is 10.8 Å². The molecule has 0 radical (unpaired) electrons. The first kappa shape index (κ1) is 20.5. The van der Waals surface area contributed by atoms with Gasteiger partial charge in [0.15, 0.2) is 5.13 Å². The van der Waals surface area contributed by atoms with Crippen molar-refractivity contribution in [1.29, 1.82) is 0 Å². The van der Waals surface area contributed by atoms with Crippen LogP contribution < -0.4 is 5.32 Å². The molecule has 2 aliphatic rings. The van der Waals surface area contributed by atoms with Crippen LogP contribution in [0.5, 0.6) is 0 Å². The van der Waals surface area contributed by atoms with E-state index in [0.29, 0.717) is 36.8 Å². The Balaban J connectivity index is 1.16. The van der Waals surface area contributed by atoms with Crippen LogP contribution in [0.4, 0.5) is 5.13 Å². The monoisotopic (exact) mass is 451 g/mol. The lowest BCUT2D eigenvalue weighted by atomic mass is 9.96. The van der Waals surface area contributed by atoms with Gasteiger partial charge in [0.05, 0.1) is 11.4 Å². The SMILES string of the molecule is Cc1csc(NC(=O)C2CCN(C(=O)CSc3ccc4c5c(cccc35)CC4)CC2)n1. The molecule has 2 aromatic carbocycles. The first-order chi connectivity index (χ1) is 15.1. The van der Waals surface area contributed by atoms with E-state index in [1.54, 1.807) is 11.8 Å². The highest BCUT2D eigenvalue weighted by Gasteiger charge is 2.28. The van der Waals surface area contributed by atoms with Crippen molar-refractivity contribution in [2.24, 2.45) is 5.92 Å². The van der Waals surface area contributed by atoms with Gasteiger partial charge in [0.25, 0.3) is 0 Å². The van der Waals surface area contributed by atoms with Crippen LogP contribution in [0, 0.1) is 12.8 Å². The molecule has 1 aliphatic heterocycles. The number of thiazole rings is 1. The van der Waals surface area contributed by atoms with E-state index in [1.165, 1.54) is 38.1 Å². The van der Waals surface area contributed by atoms with E-state index in [0.717, 1.165) is 18.5 Å². The summed E-state index contributed by atoms with van der Waals surface area (Å²) in [5.41, 5.74) is 3.77. The van der Waals surface area contributed by atoms with Gasteiger partial charge in [0.1, 0.15) is 0 Å². The Morgan fingerprint density at radius 2 is 1.94 bits per heavy atom. The lowest BCUT2D eigenvalue weighted by molar-refractivity contribution is -0.132. The lowest BCUT2D eigenvalue weighted by Gasteiger charge is -2.31. The van der Waals surface area contributed by atoms with Crippen LogP contribution in [0.15, 0.2) is 40.6 Å². The van der Waals surface area contributed by atoms with Crippen molar-refractivity contribution in [2.75, 3.05) is 24.2 Å². The zero-order valence-corrected chi connectivity index (χ0v) is 19.2. The Morgan fingerprint density at radius 3 is 2.68 bits per heavy atom. The van der Waals surface area contributed by atoms with Gasteiger partial charge < -0.3 is 10.2 Å². The van der Waals surface area contributed by atoms with Gasteiger partial charge in [-0.15, -0.1) is 23.1 Å². The van der Waals surface area contributed by atoms with E-state index in [9.17, 15) is 9.59 Å². The number of carbonyl (C=O) groups is 2. The molecule has 2 amide bonds. The number of thioether (sulfide) groups is 1. The highest BCUT2D eigenvalue weighted by molar-refractivity contribution is 8.00. The summed E-state index contributed by atoms with van der Waals surface area (Å²) in [6.07, 6.45) is 3.63. The summed E-state index contributed by atoms with van der Waals surface area (Å²) in [6, 6.07) is 10.9. The summed E-state index contributed by atoms with van der Waals surface area (Å²) < 4.78 is 0. The van der Waals surface area contributed by atoms with Gasteiger partial charge in [-0.1, -0.05) is 24.3 Å². The molecule has 0 spiro atoms. The van der Waals surface area contributed by atoms with E-state index in [2.05, 4.69) is 40.6 Å². The number of likely N-dealkylation sites (tertiary alicyclic amines) is 1. The van der Waals surface area contributed by atoms with Crippen LogP contribution >= 0.6 is 23.1 Å². The maximum Gasteiger partial charge on any atom is 0.232 e. The molecule has 0 saturated carbocycles. The number of anilines is 1. The molecule has 0 bridgehead atoms. The molecule has 0 atom stereocenters. The van der Waals surface area contributed by atoms with E-state index in [1.807, 2.05) is 17.2 Å². The number of amides is 2. The minimum atomic E-state index is -0.0579. The summed E-state index contributed by atoms with van der Waals surface area (Å²) in [7, 11) is 0. The second kappa shape index (κ2) is 8.63. The molecular weight excluding hydrogens is 426 g/mol. The van der Waals surface area contributed by atoms with Gasteiger partial charge in [-0.2, -0.15) is 0 Å². The first-order valence-corrected chi connectivity index (χ1v) is 12.6. The van der Waals surface area contributed by atoms with Gasteiger partial charge in [-0.25, -0.2) is 4.98 Å². The number of rotatable bonds is 5. The molecule has 5 rings (SSSR count). The third kappa shape index (κ3) is 4.21. The number of aromatic nitrogens is 1. The van der Waals surface area contributed by atoms with Gasteiger partial charge in [0.2, 0.25) is 11.8 Å². The molecule has 5 nitrogen and oxygen atoms in total. The van der Waals surface area contributed by atoms with Crippen molar-refractivity contribution in [3.05, 3.63) is 52.5 Å². The smallest absolute Gasteiger partial charge is 0.232 e. The molecule has 1 saturated heterocycles. The average molecular weight is 452 g/mol. The third-order valence-electron chi connectivity index (χ3n) is 6.26. The van der Waals surface area contributed by atoms with Crippen molar-refractivity contribution in [3.8, 4) is 0 Å². The Hall–Kier alpha value is -2.38. The Kier molecular flexibility index (Phi) is 5.71. The highest BCUT2D eigenvalue weighted by Crippen LogP contribution is 2.36. The molecule has 1 fully saturated rings. The number of hydrogen-bond acceptors (Lipinski definition) is 5. The van der Waals surface area contributed by atoms with Gasteiger partial charge in [0, 0.05) is 29.3 Å². The standard InChI is InChI=1S/C24H25N3O2S2/c1-15-13-31-24(25-15)26-23(29)18-9-11-27(12-10-18)21(28)14-30-20-8-7-17-6-5-16-3-2-4-19(20)22(16)17/h2-4,7-8,13,18H,5-6,9-12,14H2,1H3,(H,25,26,29). The topological polar surface area (TPSA) is 62.3 Å². The number of piperidine rings is 1. The van der Waals surface area contributed by atoms with Crippen molar-refractivity contribution in [3.63, 3.8) is 0 Å². The Labute approximate surface area is 190 Å². The fraction of sp³-hybridized carbons (Fsp3) is 0.375. The van der Waals surface area contributed by atoms with E-state index < -0.39 is 0 Å². The lowest BCUT2D eigenvalue weighted by Crippen LogP contribution is -2.42. The minimum Gasteiger partial charge on any atom is -0.342 e. The quantitative estimate of drug-likeness (QED) is 0.573. The fourth-order valence-corrected chi connectivity index (χ4v) is 6.23. The number of nitrogens with zero attached hydrogens (tertiary/aromatic N) is 2. The second-order valence-corrected chi connectivity index (χ2v) is 10.2. The number of benzene rings is 2. The molecule has 7 heteroatoms. The Morgan fingerprint density at radius 1 is 1.16 bits per heavy atom.